The fraction of sp³-hybridized carbons (Fsp3) is 0.471. The van der Waals surface area contributed by atoms with Crippen LogP contribution in [0.25, 0.3) is 10.9 Å². The molecule has 2 N–H and O–H groups in total. The minimum atomic E-state index is -0.171. The zero-order valence-electron chi connectivity index (χ0n) is 13.1. The molecule has 1 aliphatic rings. The normalized spacial score (nSPS) is 17.2. The van der Waals surface area contributed by atoms with Crippen LogP contribution in [-0.4, -0.2) is 43.6 Å². The number of aliphatic hydroxyl groups excluding tert-OH is 1. The summed E-state index contributed by atoms with van der Waals surface area (Å²) in [4.78, 5) is 4.35. The number of halogens is 1. The SMILES string of the molecule is COc1ccc2ncc(Cl)c(NCC3(CO)CCOCC3)c2c1. The number of nitrogens with one attached hydrogen (secondary N) is 1. The van der Waals surface area contributed by atoms with Crippen molar-refractivity contribution in [3.63, 3.8) is 0 Å². The van der Waals surface area contributed by atoms with Crippen LogP contribution in [0, 0.1) is 5.41 Å². The van der Waals surface area contributed by atoms with Gasteiger partial charge in [-0.15, -0.1) is 0 Å². The summed E-state index contributed by atoms with van der Waals surface area (Å²) in [5.41, 5.74) is 1.51. The molecule has 5 nitrogen and oxygen atoms in total. The molecule has 0 unspecified atom stereocenters. The molecule has 2 heterocycles. The summed E-state index contributed by atoms with van der Waals surface area (Å²) in [5, 5.41) is 14.7. The van der Waals surface area contributed by atoms with Crippen LogP contribution >= 0.6 is 11.6 Å². The van der Waals surface area contributed by atoms with Gasteiger partial charge in [-0.3, -0.25) is 4.98 Å². The number of aromatic nitrogens is 1. The van der Waals surface area contributed by atoms with Crippen molar-refractivity contribution in [2.24, 2.45) is 5.41 Å². The molecular formula is C17H21ClN2O3. The van der Waals surface area contributed by atoms with Crippen LogP contribution in [0.2, 0.25) is 5.02 Å². The van der Waals surface area contributed by atoms with Crippen LogP contribution in [0.3, 0.4) is 0 Å². The van der Waals surface area contributed by atoms with Gasteiger partial charge in [-0.25, -0.2) is 0 Å². The number of methoxy groups -OCH3 is 1. The number of aliphatic hydroxyl groups is 1. The van der Waals surface area contributed by atoms with E-state index in [1.54, 1.807) is 13.3 Å². The molecule has 3 rings (SSSR count). The summed E-state index contributed by atoms with van der Waals surface area (Å²) in [6.45, 7) is 2.14. The Bertz CT molecular complexity index is 687. The maximum Gasteiger partial charge on any atom is 0.119 e. The van der Waals surface area contributed by atoms with E-state index in [1.165, 1.54) is 0 Å². The smallest absolute Gasteiger partial charge is 0.119 e. The molecule has 0 amide bonds. The van der Waals surface area contributed by atoms with Crippen LogP contribution < -0.4 is 10.1 Å². The van der Waals surface area contributed by atoms with Gasteiger partial charge in [0.15, 0.2) is 0 Å². The lowest BCUT2D eigenvalue weighted by molar-refractivity contribution is -0.00856. The molecule has 1 saturated heterocycles. The summed E-state index contributed by atoms with van der Waals surface area (Å²) in [6, 6.07) is 5.71. The number of pyridine rings is 1. The molecule has 0 saturated carbocycles. The van der Waals surface area contributed by atoms with E-state index in [0.29, 0.717) is 24.8 Å². The van der Waals surface area contributed by atoms with Crippen LogP contribution in [0.1, 0.15) is 12.8 Å². The second-order valence-corrected chi connectivity index (χ2v) is 6.40. The second kappa shape index (κ2) is 6.91. The third kappa shape index (κ3) is 3.37. The average molecular weight is 337 g/mol. The van der Waals surface area contributed by atoms with Gasteiger partial charge >= 0.3 is 0 Å². The van der Waals surface area contributed by atoms with Gasteiger partial charge in [-0.1, -0.05) is 11.6 Å². The summed E-state index contributed by atoms with van der Waals surface area (Å²) < 4.78 is 10.7. The summed E-state index contributed by atoms with van der Waals surface area (Å²) in [5.74, 6) is 0.757. The highest BCUT2D eigenvalue weighted by Gasteiger charge is 2.32. The topological polar surface area (TPSA) is 63.6 Å². The molecule has 1 aliphatic heterocycles. The Morgan fingerprint density at radius 3 is 2.87 bits per heavy atom. The molecule has 124 valence electrons. The Hall–Kier alpha value is -1.56. The van der Waals surface area contributed by atoms with E-state index < -0.39 is 0 Å². The first-order chi connectivity index (χ1) is 11.2. The highest BCUT2D eigenvalue weighted by atomic mass is 35.5. The van der Waals surface area contributed by atoms with Crippen molar-refractivity contribution in [1.29, 1.82) is 0 Å². The van der Waals surface area contributed by atoms with E-state index in [4.69, 9.17) is 21.1 Å². The van der Waals surface area contributed by atoms with Gasteiger partial charge < -0.3 is 19.9 Å². The van der Waals surface area contributed by atoms with Crippen LogP contribution in [0.15, 0.2) is 24.4 Å². The lowest BCUT2D eigenvalue weighted by Crippen LogP contribution is -2.39. The molecule has 0 bridgehead atoms. The summed E-state index contributed by atoms with van der Waals surface area (Å²) >= 11 is 6.35. The Balaban J connectivity index is 1.90. The van der Waals surface area contributed by atoms with Crippen molar-refractivity contribution in [2.75, 3.05) is 38.8 Å². The van der Waals surface area contributed by atoms with Crippen molar-refractivity contribution < 1.29 is 14.6 Å². The predicted octanol–water partition coefficient (Wildman–Crippen LogP) is 3.10. The van der Waals surface area contributed by atoms with Gasteiger partial charge in [-0.2, -0.15) is 0 Å². The Kier molecular flexibility index (Phi) is 4.90. The van der Waals surface area contributed by atoms with Crippen molar-refractivity contribution in [1.82, 2.24) is 4.98 Å². The van der Waals surface area contributed by atoms with Gasteiger partial charge in [0.2, 0.25) is 0 Å². The van der Waals surface area contributed by atoms with Crippen molar-refractivity contribution in [3.05, 3.63) is 29.4 Å². The van der Waals surface area contributed by atoms with Gasteiger partial charge in [0.05, 0.1) is 29.9 Å². The first-order valence-electron chi connectivity index (χ1n) is 7.72. The van der Waals surface area contributed by atoms with Crippen molar-refractivity contribution in [3.8, 4) is 5.75 Å². The number of anilines is 1. The number of hydrogen-bond acceptors (Lipinski definition) is 5. The molecule has 1 aromatic carbocycles. The van der Waals surface area contributed by atoms with Crippen LogP contribution in [-0.2, 0) is 4.74 Å². The third-order valence-corrected chi connectivity index (χ3v) is 4.84. The maximum absolute atomic E-state index is 9.82. The zero-order chi connectivity index (χ0) is 16.3. The molecule has 1 fully saturated rings. The molecule has 6 heteroatoms. The van der Waals surface area contributed by atoms with Gasteiger partial charge in [0, 0.05) is 36.8 Å². The quantitative estimate of drug-likeness (QED) is 0.878. The van der Waals surface area contributed by atoms with E-state index in [0.717, 1.165) is 35.2 Å². The number of fused-ring (bicyclic) bond motifs is 1. The van der Waals surface area contributed by atoms with Crippen LogP contribution in [0.5, 0.6) is 5.75 Å². The van der Waals surface area contributed by atoms with E-state index in [1.807, 2.05) is 18.2 Å². The first kappa shape index (κ1) is 16.3. The van der Waals surface area contributed by atoms with Crippen LogP contribution in [0.4, 0.5) is 5.69 Å². The molecule has 0 radical (unpaired) electrons. The van der Waals surface area contributed by atoms with E-state index in [9.17, 15) is 5.11 Å². The van der Waals surface area contributed by atoms with E-state index in [2.05, 4.69) is 10.3 Å². The fourth-order valence-electron chi connectivity index (χ4n) is 2.93. The molecule has 0 aliphatic carbocycles. The molecule has 0 spiro atoms. The van der Waals surface area contributed by atoms with E-state index in [-0.39, 0.29) is 12.0 Å². The van der Waals surface area contributed by atoms with Gasteiger partial charge in [0.25, 0.3) is 0 Å². The minimum absolute atomic E-state index is 0.132. The number of rotatable bonds is 5. The molecular weight excluding hydrogens is 316 g/mol. The predicted molar refractivity (Wildman–Crippen MR) is 91.4 cm³/mol. The first-order valence-corrected chi connectivity index (χ1v) is 8.10. The molecule has 2 aromatic rings. The highest BCUT2D eigenvalue weighted by molar-refractivity contribution is 6.34. The maximum atomic E-state index is 9.82. The highest BCUT2D eigenvalue weighted by Crippen LogP contribution is 2.35. The number of ether oxygens (including phenoxy) is 2. The van der Waals surface area contributed by atoms with Crippen molar-refractivity contribution in [2.45, 2.75) is 12.8 Å². The van der Waals surface area contributed by atoms with Crippen molar-refractivity contribution >= 4 is 28.2 Å². The third-order valence-electron chi connectivity index (χ3n) is 4.56. The number of nitrogens with zero attached hydrogens (tertiary/aromatic N) is 1. The molecule has 0 atom stereocenters. The Morgan fingerprint density at radius 1 is 1.39 bits per heavy atom. The number of hydrogen-bond donors (Lipinski definition) is 2. The monoisotopic (exact) mass is 336 g/mol. The summed E-state index contributed by atoms with van der Waals surface area (Å²) in [7, 11) is 1.63. The fourth-order valence-corrected chi connectivity index (χ4v) is 3.14. The lowest BCUT2D eigenvalue weighted by Gasteiger charge is -2.36. The summed E-state index contributed by atoms with van der Waals surface area (Å²) in [6.07, 6.45) is 3.31. The Morgan fingerprint density at radius 2 is 2.17 bits per heavy atom. The largest absolute Gasteiger partial charge is 0.497 e. The zero-order valence-corrected chi connectivity index (χ0v) is 13.9. The van der Waals surface area contributed by atoms with Gasteiger partial charge in [0.1, 0.15) is 5.75 Å². The average Bonchev–Trinajstić information content (AvgIpc) is 2.61. The standard InChI is InChI=1S/C17H21ClN2O3/c1-22-12-2-3-15-13(8-12)16(14(18)9-19-15)20-10-17(11-21)4-6-23-7-5-17/h2-3,8-9,21H,4-7,10-11H2,1H3,(H,19,20). The number of benzene rings is 1. The van der Waals surface area contributed by atoms with E-state index >= 15 is 0 Å². The molecule has 23 heavy (non-hydrogen) atoms. The second-order valence-electron chi connectivity index (χ2n) is 5.99. The Labute approximate surface area is 140 Å². The lowest BCUT2D eigenvalue weighted by atomic mass is 9.81. The van der Waals surface area contributed by atoms with Gasteiger partial charge in [-0.05, 0) is 31.0 Å². The molecule has 1 aromatic heterocycles. The minimum Gasteiger partial charge on any atom is -0.497 e.